The molecule has 6 heteroatoms. The quantitative estimate of drug-likeness (QED) is 0.587. The van der Waals surface area contributed by atoms with Crippen LogP contribution in [0, 0.1) is 0 Å². The van der Waals surface area contributed by atoms with Crippen molar-refractivity contribution in [3.05, 3.63) is 29.8 Å². The Balaban J connectivity index is 2.90. The predicted octanol–water partition coefficient (Wildman–Crippen LogP) is -2.44. The van der Waals surface area contributed by atoms with Gasteiger partial charge in [0.1, 0.15) is 11.4 Å². The molecule has 1 atom stereocenters. The lowest BCUT2D eigenvalue weighted by Gasteiger charge is -2.29. The molecule has 0 radical (unpaired) electrons. The van der Waals surface area contributed by atoms with Crippen LogP contribution in [0.15, 0.2) is 24.3 Å². The van der Waals surface area contributed by atoms with E-state index in [4.69, 9.17) is 5.11 Å². The number of benzene rings is 1. The number of aliphatic carboxylic acids is 2. The second-order valence-electron chi connectivity index (χ2n) is 3.71. The number of phenols is 1. The molecule has 0 saturated carbocycles. The normalized spacial score (nSPS) is 13.9. The van der Waals surface area contributed by atoms with Gasteiger partial charge >= 0.3 is 0 Å². The van der Waals surface area contributed by atoms with Crippen LogP contribution in [-0.2, 0) is 16.0 Å². The zero-order valence-electron chi connectivity index (χ0n) is 8.75. The van der Waals surface area contributed by atoms with Gasteiger partial charge in [-0.15, -0.1) is 0 Å². The highest BCUT2D eigenvalue weighted by Crippen LogP contribution is 2.19. The van der Waals surface area contributed by atoms with Crippen molar-refractivity contribution < 1.29 is 30.0 Å². The van der Waals surface area contributed by atoms with Crippen molar-refractivity contribution in [3.63, 3.8) is 0 Å². The molecule has 0 saturated heterocycles. The number of carboxylic acid groups (broad SMARTS) is 2. The first-order valence-corrected chi connectivity index (χ1v) is 4.75. The lowest BCUT2D eigenvalue weighted by Crippen LogP contribution is -2.53. The summed E-state index contributed by atoms with van der Waals surface area (Å²) in [5.74, 6) is -3.59. The maximum absolute atomic E-state index is 10.7. The molecular weight excluding hydrogens is 228 g/mol. The number of aliphatic hydroxyl groups is 1. The van der Waals surface area contributed by atoms with Crippen molar-refractivity contribution in [3.8, 4) is 5.75 Å². The highest BCUT2D eigenvalue weighted by atomic mass is 16.4. The lowest BCUT2D eigenvalue weighted by atomic mass is 9.91. The molecule has 0 amide bonds. The molecule has 6 nitrogen and oxygen atoms in total. The fourth-order valence-electron chi connectivity index (χ4n) is 1.40. The van der Waals surface area contributed by atoms with Crippen LogP contribution < -0.4 is 10.2 Å². The molecule has 1 aromatic carbocycles. The summed E-state index contributed by atoms with van der Waals surface area (Å²) in [5.41, 5.74) is -2.16. The Morgan fingerprint density at radius 1 is 1.18 bits per heavy atom. The SMILES string of the molecule is O=C([O-])C[C@@](O)(Cc1ccc(O)cc1)C(=O)[O-]. The van der Waals surface area contributed by atoms with E-state index in [1.54, 1.807) is 0 Å². The Bertz CT molecular complexity index is 424. The summed E-state index contributed by atoms with van der Waals surface area (Å²) in [5, 5.41) is 39.7. The number of carboxylic acids is 2. The van der Waals surface area contributed by atoms with Gasteiger partial charge in [0.15, 0.2) is 0 Å². The van der Waals surface area contributed by atoms with Crippen molar-refractivity contribution in [2.75, 3.05) is 0 Å². The minimum Gasteiger partial charge on any atom is -0.550 e. The van der Waals surface area contributed by atoms with Crippen molar-refractivity contribution in [1.82, 2.24) is 0 Å². The topological polar surface area (TPSA) is 121 Å². The van der Waals surface area contributed by atoms with E-state index in [1.807, 2.05) is 0 Å². The average Bonchev–Trinajstić information content (AvgIpc) is 2.20. The highest BCUT2D eigenvalue weighted by Gasteiger charge is 2.29. The third-order valence-electron chi connectivity index (χ3n) is 2.25. The number of hydrogen-bond acceptors (Lipinski definition) is 6. The second kappa shape index (κ2) is 4.84. The van der Waals surface area contributed by atoms with Gasteiger partial charge in [-0.3, -0.25) is 0 Å². The number of phenolic OH excluding ortho intramolecular Hbond substituents is 1. The fraction of sp³-hybridized carbons (Fsp3) is 0.273. The molecule has 0 heterocycles. The van der Waals surface area contributed by atoms with Gasteiger partial charge in [-0.05, 0) is 17.7 Å². The van der Waals surface area contributed by atoms with Crippen LogP contribution in [0.5, 0.6) is 5.75 Å². The lowest BCUT2D eigenvalue weighted by molar-refractivity contribution is -0.333. The van der Waals surface area contributed by atoms with E-state index < -0.39 is 30.4 Å². The summed E-state index contributed by atoms with van der Waals surface area (Å²) < 4.78 is 0. The monoisotopic (exact) mass is 238 g/mol. The summed E-state index contributed by atoms with van der Waals surface area (Å²) in [4.78, 5) is 21.1. The maximum Gasteiger partial charge on any atom is 0.115 e. The van der Waals surface area contributed by atoms with Crippen LogP contribution in [0.3, 0.4) is 0 Å². The van der Waals surface area contributed by atoms with E-state index in [0.717, 1.165) is 0 Å². The van der Waals surface area contributed by atoms with Crippen molar-refractivity contribution in [2.24, 2.45) is 0 Å². The Kier molecular flexibility index (Phi) is 3.69. The molecule has 0 unspecified atom stereocenters. The predicted molar refractivity (Wildman–Crippen MR) is 51.4 cm³/mol. The van der Waals surface area contributed by atoms with Gasteiger partial charge in [0.25, 0.3) is 0 Å². The van der Waals surface area contributed by atoms with Crippen LogP contribution in [0.25, 0.3) is 0 Å². The van der Waals surface area contributed by atoms with Gasteiger partial charge in [0.2, 0.25) is 0 Å². The maximum atomic E-state index is 10.7. The first kappa shape index (κ1) is 13.0. The van der Waals surface area contributed by atoms with Gasteiger partial charge in [0, 0.05) is 18.8 Å². The van der Waals surface area contributed by atoms with Crippen molar-refractivity contribution in [2.45, 2.75) is 18.4 Å². The molecule has 0 aliphatic rings. The second-order valence-corrected chi connectivity index (χ2v) is 3.71. The van der Waals surface area contributed by atoms with Gasteiger partial charge in [-0.2, -0.15) is 0 Å². The van der Waals surface area contributed by atoms with Crippen LogP contribution in [0.1, 0.15) is 12.0 Å². The molecular formula is C11H10O6-2. The highest BCUT2D eigenvalue weighted by molar-refractivity contribution is 5.81. The van der Waals surface area contributed by atoms with Crippen LogP contribution >= 0.6 is 0 Å². The number of aromatic hydroxyl groups is 1. The summed E-state index contributed by atoms with van der Waals surface area (Å²) in [6.07, 6.45) is -1.50. The minimum absolute atomic E-state index is 0.0226. The summed E-state index contributed by atoms with van der Waals surface area (Å²) in [6, 6.07) is 5.34. The molecule has 17 heavy (non-hydrogen) atoms. The zero-order valence-corrected chi connectivity index (χ0v) is 8.75. The minimum atomic E-state index is -2.52. The van der Waals surface area contributed by atoms with E-state index in [-0.39, 0.29) is 5.75 Å². The van der Waals surface area contributed by atoms with Crippen LogP contribution in [0.4, 0.5) is 0 Å². The summed E-state index contributed by atoms with van der Waals surface area (Å²) >= 11 is 0. The number of hydrogen-bond donors (Lipinski definition) is 2. The molecule has 0 bridgehead atoms. The molecule has 0 fully saturated rings. The largest absolute Gasteiger partial charge is 0.550 e. The first-order valence-electron chi connectivity index (χ1n) is 4.75. The van der Waals surface area contributed by atoms with E-state index in [2.05, 4.69) is 0 Å². The summed E-state index contributed by atoms with van der Waals surface area (Å²) in [7, 11) is 0. The average molecular weight is 238 g/mol. The number of rotatable bonds is 5. The first-order chi connectivity index (χ1) is 7.83. The molecule has 2 N–H and O–H groups in total. The van der Waals surface area contributed by atoms with Gasteiger partial charge < -0.3 is 30.0 Å². The van der Waals surface area contributed by atoms with Gasteiger partial charge in [0.05, 0.1) is 5.97 Å². The Labute approximate surface area is 96.8 Å². The Morgan fingerprint density at radius 3 is 2.12 bits per heavy atom. The third-order valence-corrected chi connectivity index (χ3v) is 2.25. The van der Waals surface area contributed by atoms with Crippen LogP contribution in [-0.4, -0.2) is 27.8 Å². The van der Waals surface area contributed by atoms with Crippen molar-refractivity contribution >= 4 is 11.9 Å². The molecule has 0 aliphatic heterocycles. The summed E-state index contributed by atoms with van der Waals surface area (Å²) in [6.45, 7) is 0. The molecule has 1 rings (SSSR count). The molecule has 1 aromatic rings. The van der Waals surface area contributed by atoms with E-state index >= 15 is 0 Å². The van der Waals surface area contributed by atoms with Gasteiger partial charge in [-0.25, -0.2) is 0 Å². The standard InChI is InChI=1S/C11H12O6/c12-8-3-1-7(2-4-8)5-11(17,10(15)16)6-9(13)14/h1-4,12,17H,5-6H2,(H,13,14)(H,15,16)/p-2/t11-/m0/s1. The number of carbonyl (C=O) groups excluding carboxylic acids is 2. The van der Waals surface area contributed by atoms with Gasteiger partial charge in [-0.1, -0.05) is 12.1 Å². The molecule has 0 spiro atoms. The number of carbonyl (C=O) groups is 2. The van der Waals surface area contributed by atoms with E-state index in [0.29, 0.717) is 5.56 Å². The molecule has 92 valence electrons. The Hall–Kier alpha value is -2.08. The van der Waals surface area contributed by atoms with E-state index in [1.165, 1.54) is 24.3 Å². The smallest absolute Gasteiger partial charge is 0.115 e. The Morgan fingerprint density at radius 2 is 1.71 bits per heavy atom. The third kappa shape index (κ3) is 3.46. The molecule has 0 aromatic heterocycles. The zero-order chi connectivity index (χ0) is 13.1. The van der Waals surface area contributed by atoms with Crippen LogP contribution in [0.2, 0.25) is 0 Å². The van der Waals surface area contributed by atoms with Crippen molar-refractivity contribution in [1.29, 1.82) is 0 Å². The molecule has 0 aliphatic carbocycles. The van der Waals surface area contributed by atoms with E-state index in [9.17, 15) is 24.9 Å². The fourth-order valence-corrected chi connectivity index (χ4v) is 1.40.